The maximum atomic E-state index is 10.3. The quantitative estimate of drug-likeness (QED) is 0.739. The van der Waals surface area contributed by atoms with E-state index in [2.05, 4.69) is 0 Å². The van der Waals surface area contributed by atoms with Crippen molar-refractivity contribution >= 4 is 29.2 Å². The standard InChI is InChI=1S/C8H6O4.C6H6ClN/c9-7(10)5-1-2-6(4-3-5)8(11)12;7-5-1-3-6(8)4-2-5/h1-4H,(H,9,10)(H,11,12);1-4H,8H2. The molecule has 0 radical (unpaired) electrons. The minimum Gasteiger partial charge on any atom is -0.478 e. The first-order valence-corrected chi connectivity index (χ1v) is 5.85. The van der Waals surface area contributed by atoms with E-state index in [0.717, 1.165) is 10.7 Å². The van der Waals surface area contributed by atoms with Crippen molar-refractivity contribution in [2.75, 3.05) is 5.73 Å². The van der Waals surface area contributed by atoms with Crippen LogP contribution in [0, 0.1) is 0 Å². The number of nitrogens with two attached hydrogens (primary N) is 1. The van der Waals surface area contributed by atoms with E-state index in [9.17, 15) is 9.59 Å². The van der Waals surface area contributed by atoms with Crippen molar-refractivity contribution in [3.63, 3.8) is 0 Å². The van der Waals surface area contributed by atoms with Crippen LogP contribution in [-0.2, 0) is 0 Å². The molecule has 0 aliphatic rings. The molecule has 0 fully saturated rings. The van der Waals surface area contributed by atoms with E-state index in [0.29, 0.717) is 0 Å². The van der Waals surface area contributed by atoms with Crippen molar-refractivity contribution < 1.29 is 19.8 Å². The lowest BCUT2D eigenvalue weighted by molar-refractivity contribution is 0.0681. The Kier molecular flexibility index (Phi) is 5.56. The highest BCUT2D eigenvalue weighted by Crippen LogP contribution is 2.09. The number of nitrogen functional groups attached to an aromatic ring is 1. The van der Waals surface area contributed by atoms with Gasteiger partial charge in [-0.3, -0.25) is 0 Å². The van der Waals surface area contributed by atoms with Gasteiger partial charge in [0.1, 0.15) is 0 Å². The second-order valence-corrected chi connectivity index (χ2v) is 4.18. The fraction of sp³-hybridized carbons (Fsp3) is 0. The Balaban J connectivity index is 0.000000217. The van der Waals surface area contributed by atoms with E-state index in [1.54, 1.807) is 24.3 Å². The van der Waals surface area contributed by atoms with Crippen LogP contribution in [0.15, 0.2) is 48.5 Å². The molecule has 0 aromatic heterocycles. The number of hydrogen-bond acceptors (Lipinski definition) is 3. The summed E-state index contributed by atoms with van der Waals surface area (Å²) < 4.78 is 0. The van der Waals surface area contributed by atoms with Crippen LogP contribution in [0.25, 0.3) is 0 Å². The fourth-order valence-corrected chi connectivity index (χ4v) is 1.34. The predicted molar refractivity (Wildman–Crippen MR) is 76.2 cm³/mol. The molecular formula is C14H12ClNO4. The third kappa shape index (κ3) is 4.99. The summed E-state index contributed by atoms with van der Waals surface area (Å²) in [5.74, 6) is -2.13. The maximum Gasteiger partial charge on any atom is 0.335 e. The van der Waals surface area contributed by atoms with Crippen LogP contribution in [0.4, 0.5) is 5.69 Å². The molecule has 0 atom stereocenters. The number of carboxylic acid groups (broad SMARTS) is 2. The first-order chi connectivity index (χ1) is 9.40. The molecule has 5 nitrogen and oxygen atoms in total. The van der Waals surface area contributed by atoms with Gasteiger partial charge in [0.2, 0.25) is 0 Å². The van der Waals surface area contributed by atoms with Gasteiger partial charge in [-0.1, -0.05) is 11.6 Å². The van der Waals surface area contributed by atoms with Crippen LogP contribution >= 0.6 is 11.6 Å². The number of carboxylic acids is 2. The molecule has 0 amide bonds. The van der Waals surface area contributed by atoms with Gasteiger partial charge in [0.15, 0.2) is 0 Å². The average molecular weight is 294 g/mol. The second-order valence-electron chi connectivity index (χ2n) is 3.74. The molecule has 0 spiro atoms. The molecule has 0 unspecified atom stereocenters. The summed E-state index contributed by atoms with van der Waals surface area (Å²) in [5, 5.41) is 17.7. The third-order valence-electron chi connectivity index (χ3n) is 2.25. The first kappa shape index (κ1) is 15.5. The van der Waals surface area contributed by atoms with Crippen molar-refractivity contribution in [1.82, 2.24) is 0 Å². The average Bonchev–Trinajstić information content (AvgIpc) is 2.43. The van der Waals surface area contributed by atoms with Gasteiger partial charge < -0.3 is 15.9 Å². The Hall–Kier alpha value is -2.53. The molecule has 0 saturated carbocycles. The summed E-state index contributed by atoms with van der Waals surface area (Å²) in [7, 11) is 0. The molecule has 0 aliphatic heterocycles. The molecule has 4 N–H and O–H groups in total. The first-order valence-electron chi connectivity index (χ1n) is 5.48. The summed E-state index contributed by atoms with van der Waals surface area (Å²) in [6.45, 7) is 0. The molecule has 6 heteroatoms. The Morgan fingerprint density at radius 3 is 1.40 bits per heavy atom. The van der Waals surface area contributed by atoms with Crippen LogP contribution in [-0.4, -0.2) is 22.2 Å². The van der Waals surface area contributed by atoms with E-state index in [-0.39, 0.29) is 11.1 Å². The summed E-state index contributed by atoms with van der Waals surface area (Å²) in [6, 6.07) is 12.1. The Morgan fingerprint density at radius 2 is 1.15 bits per heavy atom. The number of anilines is 1. The van der Waals surface area contributed by atoms with Crippen molar-refractivity contribution in [1.29, 1.82) is 0 Å². The number of rotatable bonds is 2. The molecule has 2 aromatic carbocycles. The molecule has 2 rings (SSSR count). The molecule has 0 heterocycles. The smallest absolute Gasteiger partial charge is 0.335 e. The Morgan fingerprint density at radius 1 is 0.800 bits per heavy atom. The summed E-state index contributed by atoms with van der Waals surface area (Å²) in [6.07, 6.45) is 0. The Bertz CT molecular complexity index is 540. The molecule has 104 valence electrons. The summed E-state index contributed by atoms with van der Waals surface area (Å²) >= 11 is 5.56. The topological polar surface area (TPSA) is 101 Å². The van der Waals surface area contributed by atoms with Crippen molar-refractivity contribution in [2.24, 2.45) is 0 Å². The van der Waals surface area contributed by atoms with E-state index < -0.39 is 11.9 Å². The highest BCUT2D eigenvalue weighted by molar-refractivity contribution is 6.30. The predicted octanol–water partition coefficient (Wildman–Crippen LogP) is 3.01. The zero-order chi connectivity index (χ0) is 15.1. The summed E-state index contributed by atoms with van der Waals surface area (Å²) in [5.41, 5.74) is 6.28. The van der Waals surface area contributed by atoms with Gasteiger partial charge in [-0.05, 0) is 48.5 Å². The fourth-order valence-electron chi connectivity index (χ4n) is 1.22. The van der Waals surface area contributed by atoms with Crippen molar-refractivity contribution in [3.8, 4) is 0 Å². The van der Waals surface area contributed by atoms with E-state index in [1.807, 2.05) is 0 Å². The monoisotopic (exact) mass is 293 g/mol. The van der Waals surface area contributed by atoms with Crippen LogP contribution in [0.1, 0.15) is 20.7 Å². The molecular weight excluding hydrogens is 282 g/mol. The van der Waals surface area contributed by atoms with E-state index in [1.165, 1.54) is 24.3 Å². The lowest BCUT2D eigenvalue weighted by Gasteiger charge is -1.94. The lowest BCUT2D eigenvalue weighted by Crippen LogP contribution is -1.99. The maximum absolute atomic E-state index is 10.3. The molecule has 0 aliphatic carbocycles. The lowest BCUT2D eigenvalue weighted by atomic mass is 10.1. The highest BCUT2D eigenvalue weighted by atomic mass is 35.5. The van der Waals surface area contributed by atoms with Gasteiger partial charge in [-0.25, -0.2) is 9.59 Å². The highest BCUT2D eigenvalue weighted by Gasteiger charge is 2.04. The van der Waals surface area contributed by atoms with Gasteiger partial charge in [0.25, 0.3) is 0 Å². The minimum absolute atomic E-state index is 0.0833. The Labute approximate surface area is 120 Å². The third-order valence-corrected chi connectivity index (χ3v) is 2.50. The number of aromatic carboxylic acids is 2. The molecule has 2 aromatic rings. The largest absolute Gasteiger partial charge is 0.478 e. The number of carbonyl (C=O) groups is 2. The number of benzene rings is 2. The summed E-state index contributed by atoms with van der Waals surface area (Å²) in [4.78, 5) is 20.7. The van der Waals surface area contributed by atoms with Gasteiger partial charge in [-0.2, -0.15) is 0 Å². The van der Waals surface area contributed by atoms with Gasteiger partial charge in [-0.15, -0.1) is 0 Å². The van der Waals surface area contributed by atoms with Crippen LogP contribution in [0.3, 0.4) is 0 Å². The normalized spacial score (nSPS) is 9.25. The molecule has 20 heavy (non-hydrogen) atoms. The zero-order valence-electron chi connectivity index (χ0n) is 10.3. The zero-order valence-corrected chi connectivity index (χ0v) is 11.0. The number of halogens is 1. The van der Waals surface area contributed by atoms with Gasteiger partial charge in [0, 0.05) is 10.7 Å². The van der Waals surface area contributed by atoms with Gasteiger partial charge >= 0.3 is 11.9 Å². The van der Waals surface area contributed by atoms with E-state index >= 15 is 0 Å². The second kappa shape index (κ2) is 7.16. The van der Waals surface area contributed by atoms with Crippen molar-refractivity contribution in [2.45, 2.75) is 0 Å². The van der Waals surface area contributed by atoms with Crippen LogP contribution in [0.5, 0.6) is 0 Å². The SMILES string of the molecule is Nc1ccc(Cl)cc1.O=C(O)c1ccc(C(=O)O)cc1. The minimum atomic E-state index is -1.06. The van der Waals surface area contributed by atoms with Crippen LogP contribution < -0.4 is 5.73 Å². The van der Waals surface area contributed by atoms with E-state index in [4.69, 9.17) is 27.5 Å². The molecule has 0 bridgehead atoms. The molecule has 0 saturated heterocycles. The number of hydrogen-bond donors (Lipinski definition) is 3. The van der Waals surface area contributed by atoms with Crippen molar-refractivity contribution in [3.05, 3.63) is 64.7 Å². The van der Waals surface area contributed by atoms with Crippen LogP contribution in [0.2, 0.25) is 5.02 Å². The van der Waals surface area contributed by atoms with Gasteiger partial charge in [0.05, 0.1) is 11.1 Å².